The summed E-state index contributed by atoms with van der Waals surface area (Å²) in [6.45, 7) is 0.664. The first-order valence-electron chi connectivity index (χ1n) is 10.7. The maximum atomic E-state index is 13.7. The Morgan fingerprint density at radius 1 is 0.941 bits per heavy atom. The Kier molecular flexibility index (Phi) is 4.53. The maximum Gasteiger partial charge on any atom is 0.268 e. The van der Waals surface area contributed by atoms with Crippen LogP contribution in [0, 0.1) is 0 Å². The van der Waals surface area contributed by atoms with E-state index in [2.05, 4.69) is 10.3 Å². The number of nitrogens with zero attached hydrogens (tertiary/aromatic N) is 4. The molecule has 1 aromatic heterocycles. The molecule has 2 N–H and O–H groups in total. The Hall–Kier alpha value is -4.37. The number of aromatic nitrogens is 3. The molecule has 0 radical (unpaired) electrons. The van der Waals surface area contributed by atoms with Crippen LogP contribution in [-0.4, -0.2) is 37.9 Å². The zero-order chi connectivity index (χ0) is 23.3. The fourth-order valence-electron chi connectivity index (χ4n) is 4.49. The topological polar surface area (TPSA) is 110 Å². The number of hydrogen-bond acceptors (Lipinski definition) is 7. The predicted molar refractivity (Wildman–Crippen MR) is 120 cm³/mol. The van der Waals surface area contributed by atoms with Gasteiger partial charge in [0.05, 0.1) is 25.0 Å². The average molecular weight is 456 g/mol. The number of ether oxygens (including phenoxy) is 2. The van der Waals surface area contributed by atoms with E-state index in [9.17, 15) is 15.0 Å². The van der Waals surface area contributed by atoms with Crippen molar-refractivity contribution in [1.29, 1.82) is 0 Å². The van der Waals surface area contributed by atoms with Crippen molar-refractivity contribution in [2.75, 3.05) is 11.7 Å². The van der Waals surface area contributed by atoms with Gasteiger partial charge in [-0.2, -0.15) is 0 Å². The van der Waals surface area contributed by atoms with Crippen LogP contribution in [0.1, 0.15) is 22.4 Å². The number of benzene rings is 3. The minimum absolute atomic E-state index is 0.00591. The minimum atomic E-state index is -2.10. The van der Waals surface area contributed by atoms with Crippen molar-refractivity contribution in [2.24, 2.45) is 0 Å². The molecule has 0 fully saturated rings. The SMILES string of the molecule is O=C1N(Cc2cn(Cc3ccccc3)nn2)c2ccccc2[C@@]1(O)c1cc2c(cc1O)OCO2. The van der Waals surface area contributed by atoms with Crippen molar-refractivity contribution < 1.29 is 24.5 Å². The molecule has 0 saturated carbocycles. The van der Waals surface area contributed by atoms with Gasteiger partial charge < -0.3 is 24.6 Å². The lowest BCUT2D eigenvalue weighted by atomic mass is 9.86. The van der Waals surface area contributed by atoms with Gasteiger partial charge >= 0.3 is 0 Å². The molecule has 3 heterocycles. The standard InChI is InChI=1S/C25H20N4O5/c30-21-11-23-22(33-15-34-23)10-19(21)25(32)18-8-4-5-9-20(18)29(24(25)31)14-17-13-28(27-26-17)12-16-6-2-1-3-7-16/h1-11,13,30,32H,12,14-15H2/t25-/m1/s1. The Bertz CT molecular complexity index is 1400. The lowest BCUT2D eigenvalue weighted by Crippen LogP contribution is -2.41. The highest BCUT2D eigenvalue weighted by Crippen LogP contribution is 2.50. The molecule has 9 heteroatoms. The van der Waals surface area contributed by atoms with E-state index in [0.717, 1.165) is 5.56 Å². The summed E-state index contributed by atoms with van der Waals surface area (Å²) in [5.41, 5.74) is 0.481. The molecule has 0 bridgehead atoms. The number of anilines is 1. The number of phenolic OH excluding ortho intramolecular Hbond substituents is 1. The number of carbonyl (C=O) groups excluding carboxylic acids is 1. The van der Waals surface area contributed by atoms with E-state index in [0.29, 0.717) is 35.0 Å². The number of aromatic hydroxyl groups is 1. The van der Waals surface area contributed by atoms with E-state index in [1.165, 1.54) is 17.0 Å². The van der Waals surface area contributed by atoms with Gasteiger partial charge in [-0.25, -0.2) is 4.68 Å². The molecule has 4 aromatic rings. The summed E-state index contributed by atoms with van der Waals surface area (Å²) in [6.07, 6.45) is 1.78. The van der Waals surface area contributed by atoms with Crippen LogP contribution in [-0.2, 0) is 23.5 Å². The van der Waals surface area contributed by atoms with E-state index >= 15 is 0 Å². The van der Waals surface area contributed by atoms with Gasteiger partial charge in [0.15, 0.2) is 11.5 Å². The number of carbonyl (C=O) groups is 1. The third kappa shape index (κ3) is 3.09. The molecule has 3 aromatic carbocycles. The second-order valence-electron chi connectivity index (χ2n) is 8.23. The predicted octanol–water partition coefficient (Wildman–Crippen LogP) is 2.54. The monoisotopic (exact) mass is 456 g/mol. The van der Waals surface area contributed by atoms with Crippen molar-refractivity contribution in [2.45, 2.75) is 18.7 Å². The molecular formula is C25H20N4O5. The largest absolute Gasteiger partial charge is 0.507 e. The van der Waals surface area contributed by atoms with Crippen molar-refractivity contribution in [3.05, 3.63) is 95.3 Å². The summed E-state index contributed by atoms with van der Waals surface area (Å²) in [4.78, 5) is 15.1. The van der Waals surface area contributed by atoms with Gasteiger partial charge in [-0.1, -0.05) is 53.7 Å². The Balaban J connectivity index is 1.34. The van der Waals surface area contributed by atoms with Gasteiger partial charge in [-0.3, -0.25) is 4.79 Å². The molecule has 2 aliphatic heterocycles. The zero-order valence-corrected chi connectivity index (χ0v) is 18.0. The number of rotatable bonds is 5. The molecule has 0 spiro atoms. The summed E-state index contributed by atoms with van der Waals surface area (Å²) in [7, 11) is 0. The summed E-state index contributed by atoms with van der Waals surface area (Å²) in [6, 6.07) is 19.6. The second-order valence-corrected chi connectivity index (χ2v) is 8.23. The van der Waals surface area contributed by atoms with Crippen molar-refractivity contribution in [3.63, 3.8) is 0 Å². The van der Waals surface area contributed by atoms with Crippen molar-refractivity contribution >= 4 is 11.6 Å². The van der Waals surface area contributed by atoms with Crippen LogP contribution in [0.15, 0.2) is 72.9 Å². The van der Waals surface area contributed by atoms with Gasteiger partial charge in [-0.05, 0) is 17.7 Å². The fraction of sp³-hybridized carbons (Fsp3) is 0.160. The van der Waals surface area contributed by atoms with Crippen LogP contribution in [0.4, 0.5) is 5.69 Å². The third-order valence-corrected chi connectivity index (χ3v) is 6.11. The van der Waals surface area contributed by atoms with Gasteiger partial charge in [0.25, 0.3) is 5.91 Å². The summed E-state index contributed by atoms with van der Waals surface area (Å²) < 4.78 is 12.4. The summed E-state index contributed by atoms with van der Waals surface area (Å²) in [5, 5.41) is 30.8. The molecule has 170 valence electrons. The smallest absolute Gasteiger partial charge is 0.268 e. The quantitative estimate of drug-likeness (QED) is 0.475. The molecule has 0 unspecified atom stereocenters. The van der Waals surface area contributed by atoms with Crippen LogP contribution in [0.25, 0.3) is 0 Å². The van der Waals surface area contributed by atoms with Crippen LogP contribution in [0.3, 0.4) is 0 Å². The molecule has 0 aliphatic carbocycles. The Morgan fingerprint density at radius 3 is 2.50 bits per heavy atom. The maximum absolute atomic E-state index is 13.7. The van der Waals surface area contributed by atoms with Gasteiger partial charge in [-0.15, -0.1) is 5.10 Å². The number of hydrogen-bond donors (Lipinski definition) is 2. The van der Waals surface area contributed by atoms with Crippen LogP contribution >= 0.6 is 0 Å². The third-order valence-electron chi connectivity index (χ3n) is 6.11. The van der Waals surface area contributed by atoms with E-state index < -0.39 is 11.5 Å². The summed E-state index contributed by atoms with van der Waals surface area (Å²) >= 11 is 0. The Labute approximate surface area is 194 Å². The summed E-state index contributed by atoms with van der Waals surface area (Å²) in [5.74, 6) is -0.143. The van der Waals surface area contributed by atoms with Crippen LogP contribution < -0.4 is 14.4 Å². The highest BCUT2D eigenvalue weighted by molar-refractivity contribution is 6.09. The first-order chi connectivity index (χ1) is 16.5. The molecule has 9 nitrogen and oxygen atoms in total. The average Bonchev–Trinajstić information content (AvgIpc) is 3.54. The number of aliphatic hydroxyl groups is 1. The molecule has 6 rings (SSSR count). The molecule has 1 amide bonds. The van der Waals surface area contributed by atoms with Crippen LogP contribution in [0.2, 0.25) is 0 Å². The molecule has 1 atom stereocenters. The first kappa shape index (κ1) is 20.3. The Morgan fingerprint density at radius 2 is 1.68 bits per heavy atom. The lowest BCUT2D eigenvalue weighted by Gasteiger charge is -2.24. The highest BCUT2D eigenvalue weighted by atomic mass is 16.7. The highest BCUT2D eigenvalue weighted by Gasteiger charge is 2.53. The van der Waals surface area contributed by atoms with Crippen LogP contribution in [0.5, 0.6) is 17.2 Å². The number of para-hydroxylation sites is 1. The van der Waals surface area contributed by atoms with E-state index in [-0.39, 0.29) is 24.7 Å². The molecule has 0 saturated heterocycles. The van der Waals surface area contributed by atoms with Gasteiger partial charge in [0.2, 0.25) is 12.4 Å². The molecular weight excluding hydrogens is 436 g/mol. The fourth-order valence-corrected chi connectivity index (χ4v) is 4.49. The van der Waals surface area contributed by atoms with E-state index in [1.54, 1.807) is 35.1 Å². The van der Waals surface area contributed by atoms with Crippen molar-refractivity contribution in [3.8, 4) is 17.2 Å². The number of amides is 1. The normalized spacial score (nSPS) is 18.4. The van der Waals surface area contributed by atoms with E-state index in [4.69, 9.17) is 9.47 Å². The van der Waals surface area contributed by atoms with Crippen molar-refractivity contribution in [1.82, 2.24) is 15.0 Å². The first-order valence-corrected chi connectivity index (χ1v) is 10.7. The van der Waals surface area contributed by atoms with Gasteiger partial charge in [0.1, 0.15) is 11.4 Å². The molecule has 34 heavy (non-hydrogen) atoms. The number of fused-ring (bicyclic) bond motifs is 2. The minimum Gasteiger partial charge on any atom is -0.507 e. The zero-order valence-electron chi connectivity index (χ0n) is 18.0. The number of phenols is 1. The van der Waals surface area contributed by atoms with E-state index in [1.807, 2.05) is 30.3 Å². The second kappa shape index (κ2) is 7.60. The lowest BCUT2D eigenvalue weighted by molar-refractivity contribution is -0.132. The molecule has 2 aliphatic rings. The van der Waals surface area contributed by atoms with Gasteiger partial charge in [0, 0.05) is 17.2 Å².